The van der Waals surface area contributed by atoms with E-state index in [9.17, 15) is 8.42 Å². The Bertz CT molecular complexity index is 252. The van der Waals surface area contributed by atoms with Gasteiger partial charge in [0.1, 0.15) is 0 Å². The van der Waals surface area contributed by atoms with Crippen molar-refractivity contribution in [1.82, 2.24) is 10.0 Å². The average molecular weight is 208 g/mol. The molecule has 0 amide bonds. The first-order chi connectivity index (χ1) is 6.09. The Morgan fingerprint density at radius 1 is 1.54 bits per heavy atom. The lowest BCUT2D eigenvalue weighted by Gasteiger charge is -2.17. The summed E-state index contributed by atoms with van der Waals surface area (Å²) in [5.41, 5.74) is 0. The number of rotatable bonds is 4. The number of hydrogen-bond acceptors (Lipinski definition) is 4. The molecule has 1 rings (SSSR count). The molecule has 0 aliphatic carbocycles. The first kappa shape index (κ1) is 10.9. The van der Waals surface area contributed by atoms with Crippen molar-refractivity contribution in [3.8, 4) is 0 Å². The standard InChI is InChI=1S/C7H16N2O3S/c1-3-13(10,11)9-6-4-8-5-7(6)12-2/h6-9H,3-5H2,1-2H3/t6?,7-/m0/s1. The third-order valence-corrected chi connectivity index (χ3v) is 3.59. The zero-order valence-electron chi connectivity index (χ0n) is 7.91. The van der Waals surface area contributed by atoms with Crippen LogP contribution in [0.15, 0.2) is 0 Å². The molecular weight excluding hydrogens is 192 g/mol. The molecule has 2 atom stereocenters. The Morgan fingerprint density at radius 3 is 2.77 bits per heavy atom. The number of nitrogens with one attached hydrogen (secondary N) is 2. The topological polar surface area (TPSA) is 67.4 Å². The SMILES string of the molecule is CCS(=O)(=O)NC1CNC[C@@H]1OC. The minimum Gasteiger partial charge on any atom is -0.378 e. The van der Waals surface area contributed by atoms with Crippen molar-refractivity contribution >= 4 is 10.0 Å². The van der Waals surface area contributed by atoms with Crippen molar-refractivity contribution in [2.75, 3.05) is 26.0 Å². The molecule has 1 heterocycles. The zero-order chi connectivity index (χ0) is 9.90. The van der Waals surface area contributed by atoms with Gasteiger partial charge in [0, 0.05) is 20.2 Å². The molecule has 2 N–H and O–H groups in total. The lowest BCUT2D eigenvalue weighted by molar-refractivity contribution is 0.103. The maximum absolute atomic E-state index is 11.2. The third kappa shape index (κ3) is 2.91. The first-order valence-corrected chi connectivity index (χ1v) is 5.98. The molecule has 0 aromatic rings. The summed E-state index contributed by atoms with van der Waals surface area (Å²) >= 11 is 0. The molecule has 1 aliphatic rings. The zero-order valence-corrected chi connectivity index (χ0v) is 8.73. The summed E-state index contributed by atoms with van der Waals surface area (Å²) in [5, 5.41) is 3.07. The quantitative estimate of drug-likeness (QED) is 0.616. The number of sulfonamides is 1. The van der Waals surface area contributed by atoms with Gasteiger partial charge >= 0.3 is 0 Å². The highest BCUT2D eigenvalue weighted by atomic mass is 32.2. The van der Waals surface area contributed by atoms with Crippen LogP contribution in [0.3, 0.4) is 0 Å². The summed E-state index contributed by atoms with van der Waals surface area (Å²) < 4.78 is 30.2. The monoisotopic (exact) mass is 208 g/mol. The maximum Gasteiger partial charge on any atom is 0.211 e. The molecule has 13 heavy (non-hydrogen) atoms. The number of hydrogen-bond donors (Lipinski definition) is 2. The van der Waals surface area contributed by atoms with Crippen LogP contribution in [-0.2, 0) is 14.8 Å². The highest BCUT2D eigenvalue weighted by molar-refractivity contribution is 7.89. The van der Waals surface area contributed by atoms with Crippen molar-refractivity contribution in [2.45, 2.75) is 19.1 Å². The lowest BCUT2D eigenvalue weighted by atomic mass is 10.2. The Labute approximate surface area is 78.9 Å². The summed E-state index contributed by atoms with van der Waals surface area (Å²) in [4.78, 5) is 0. The predicted octanol–water partition coefficient (Wildman–Crippen LogP) is -1.09. The van der Waals surface area contributed by atoms with E-state index in [2.05, 4.69) is 10.0 Å². The Balaban J connectivity index is 2.53. The summed E-state index contributed by atoms with van der Waals surface area (Å²) in [6, 6.07) is -0.130. The van der Waals surface area contributed by atoms with E-state index in [4.69, 9.17) is 4.74 Å². The smallest absolute Gasteiger partial charge is 0.211 e. The second-order valence-electron chi connectivity index (χ2n) is 3.06. The van der Waals surface area contributed by atoms with Gasteiger partial charge in [-0.3, -0.25) is 0 Å². The van der Waals surface area contributed by atoms with Gasteiger partial charge in [0.15, 0.2) is 0 Å². The van der Waals surface area contributed by atoms with Gasteiger partial charge in [-0.1, -0.05) is 0 Å². The van der Waals surface area contributed by atoms with E-state index in [-0.39, 0.29) is 17.9 Å². The summed E-state index contributed by atoms with van der Waals surface area (Å²) in [6.45, 7) is 2.96. The fourth-order valence-electron chi connectivity index (χ4n) is 1.33. The van der Waals surface area contributed by atoms with E-state index in [1.807, 2.05) is 0 Å². The minimum atomic E-state index is -3.12. The second kappa shape index (κ2) is 4.36. The van der Waals surface area contributed by atoms with Crippen molar-refractivity contribution in [1.29, 1.82) is 0 Å². The Morgan fingerprint density at radius 2 is 2.23 bits per heavy atom. The van der Waals surface area contributed by atoms with Gasteiger partial charge in [-0.05, 0) is 6.92 Å². The molecule has 1 fully saturated rings. The molecule has 1 aliphatic heterocycles. The third-order valence-electron chi connectivity index (χ3n) is 2.17. The van der Waals surface area contributed by atoms with Crippen LogP contribution in [0.5, 0.6) is 0 Å². The van der Waals surface area contributed by atoms with E-state index < -0.39 is 10.0 Å². The molecule has 5 nitrogen and oxygen atoms in total. The van der Waals surface area contributed by atoms with E-state index in [1.54, 1.807) is 14.0 Å². The fraction of sp³-hybridized carbons (Fsp3) is 1.00. The van der Waals surface area contributed by atoms with Crippen molar-refractivity contribution in [2.24, 2.45) is 0 Å². The molecular formula is C7H16N2O3S. The minimum absolute atomic E-state index is 0.0543. The van der Waals surface area contributed by atoms with Crippen LogP contribution >= 0.6 is 0 Å². The second-order valence-corrected chi connectivity index (χ2v) is 5.10. The highest BCUT2D eigenvalue weighted by Crippen LogP contribution is 2.04. The van der Waals surface area contributed by atoms with Crippen LogP contribution in [0, 0.1) is 0 Å². The maximum atomic E-state index is 11.2. The molecule has 0 radical (unpaired) electrons. The van der Waals surface area contributed by atoms with Crippen molar-refractivity contribution in [3.63, 3.8) is 0 Å². The highest BCUT2D eigenvalue weighted by Gasteiger charge is 2.29. The summed E-state index contributed by atoms with van der Waals surface area (Å²) in [7, 11) is -1.53. The van der Waals surface area contributed by atoms with Gasteiger partial charge in [0.05, 0.1) is 17.9 Å². The molecule has 0 aromatic heterocycles. The molecule has 0 bridgehead atoms. The largest absolute Gasteiger partial charge is 0.378 e. The normalized spacial score (nSPS) is 29.4. The summed E-state index contributed by atoms with van der Waals surface area (Å²) in [6.07, 6.45) is -0.0543. The Kier molecular flexibility index (Phi) is 3.66. The molecule has 0 aromatic carbocycles. The van der Waals surface area contributed by atoms with Crippen LogP contribution in [0.2, 0.25) is 0 Å². The fourth-order valence-corrected chi connectivity index (χ4v) is 2.20. The Hall–Kier alpha value is -0.170. The van der Waals surface area contributed by atoms with Crippen LogP contribution in [-0.4, -0.2) is 46.5 Å². The molecule has 0 spiro atoms. The average Bonchev–Trinajstić information content (AvgIpc) is 2.51. The van der Waals surface area contributed by atoms with Crippen LogP contribution < -0.4 is 10.0 Å². The molecule has 78 valence electrons. The van der Waals surface area contributed by atoms with Gasteiger partial charge in [0.25, 0.3) is 0 Å². The molecule has 6 heteroatoms. The van der Waals surface area contributed by atoms with Gasteiger partial charge in [-0.15, -0.1) is 0 Å². The first-order valence-electron chi connectivity index (χ1n) is 4.32. The van der Waals surface area contributed by atoms with Crippen LogP contribution in [0.1, 0.15) is 6.92 Å². The van der Waals surface area contributed by atoms with Gasteiger partial charge in [0.2, 0.25) is 10.0 Å². The van der Waals surface area contributed by atoms with Crippen molar-refractivity contribution in [3.05, 3.63) is 0 Å². The van der Waals surface area contributed by atoms with E-state index in [0.29, 0.717) is 13.1 Å². The van der Waals surface area contributed by atoms with E-state index in [0.717, 1.165) is 0 Å². The predicted molar refractivity (Wildman–Crippen MR) is 50.1 cm³/mol. The summed E-state index contributed by atoms with van der Waals surface area (Å²) in [5.74, 6) is 0.111. The number of ether oxygens (including phenoxy) is 1. The molecule has 1 saturated heterocycles. The van der Waals surface area contributed by atoms with Crippen LogP contribution in [0.25, 0.3) is 0 Å². The van der Waals surface area contributed by atoms with Gasteiger partial charge in [-0.2, -0.15) is 0 Å². The molecule has 1 unspecified atom stereocenters. The van der Waals surface area contributed by atoms with Crippen LogP contribution in [0.4, 0.5) is 0 Å². The number of methoxy groups -OCH3 is 1. The van der Waals surface area contributed by atoms with E-state index >= 15 is 0 Å². The van der Waals surface area contributed by atoms with Gasteiger partial charge < -0.3 is 10.1 Å². The molecule has 0 saturated carbocycles. The van der Waals surface area contributed by atoms with Gasteiger partial charge in [-0.25, -0.2) is 13.1 Å². The van der Waals surface area contributed by atoms with Crippen molar-refractivity contribution < 1.29 is 13.2 Å². The lowest BCUT2D eigenvalue weighted by Crippen LogP contribution is -2.44. The van der Waals surface area contributed by atoms with E-state index in [1.165, 1.54) is 0 Å².